The maximum absolute atomic E-state index is 12.4. The van der Waals surface area contributed by atoms with Crippen molar-refractivity contribution in [3.63, 3.8) is 0 Å². The van der Waals surface area contributed by atoms with Crippen molar-refractivity contribution < 1.29 is 4.79 Å². The minimum absolute atomic E-state index is 0.0703. The number of likely N-dealkylation sites (tertiary alicyclic amines) is 1. The molecule has 0 aromatic heterocycles. The van der Waals surface area contributed by atoms with Gasteiger partial charge in [0.1, 0.15) is 0 Å². The van der Waals surface area contributed by atoms with E-state index in [1.165, 1.54) is 19.3 Å². The maximum atomic E-state index is 12.4. The molecule has 18 heavy (non-hydrogen) atoms. The molecule has 1 N–H and O–H groups in total. The molecule has 1 amide bonds. The summed E-state index contributed by atoms with van der Waals surface area (Å²) < 4.78 is 0. The van der Waals surface area contributed by atoms with E-state index in [0.29, 0.717) is 5.91 Å². The molecule has 2 fully saturated rings. The Morgan fingerprint density at radius 3 is 2.39 bits per heavy atom. The van der Waals surface area contributed by atoms with Crippen molar-refractivity contribution in [2.45, 2.75) is 39.2 Å². The normalized spacial score (nSPS) is 25.1. The molecule has 0 spiro atoms. The fourth-order valence-corrected chi connectivity index (χ4v) is 3.05. The highest BCUT2D eigenvalue weighted by Crippen LogP contribution is 2.21. The van der Waals surface area contributed by atoms with Crippen LogP contribution in [-0.2, 0) is 4.79 Å². The lowest BCUT2D eigenvalue weighted by atomic mass is 9.93. The molecule has 2 heterocycles. The van der Waals surface area contributed by atoms with Crippen molar-refractivity contribution in [3.05, 3.63) is 0 Å². The van der Waals surface area contributed by atoms with Gasteiger partial charge in [0, 0.05) is 26.2 Å². The highest BCUT2D eigenvalue weighted by Gasteiger charge is 2.29. The Labute approximate surface area is 111 Å². The van der Waals surface area contributed by atoms with Crippen molar-refractivity contribution in [2.24, 2.45) is 5.92 Å². The first-order valence-corrected chi connectivity index (χ1v) is 7.46. The second-order valence-electron chi connectivity index (χ2n) is 5.64. The summed E-state index contributed by atoms with van der Waals surface area (Å²) in [7, 11) is 0. The number of carbonyl (C=O) groups excluding carboxylic acids is 1. The quantitative estimate of drug-likeness (QED) is 0.813. The van der Waals surface area contributed by atoms with Crippen LogP contribution in [0.15, 0.2) is 0 Å². The first-order valence-electron chi connectivity index (χ1n) is 7.46. The molecule has 0 radical (unpaired) electrons. The van der Waals surface area contributed by atoms with E-state index >= 15 is 0 Å². The summed E-state index contributed by atoms with van der Waals surface area (Å²) in [6.07, 6.45) is 3.80. The molecule has 0 aromatic carbocycles. The second-order valence-corrected chi connectivity index (χ2v) is 5.64. The van der Waals surface area contributed by atoms with Crippen LogP contribution in [0.5, 0.6) is 0 Å². The van der Waals surface area contributed by atoms with Crippen molar-refractivity contribution in [3.8, 4) is 0 Å². The zero-order chi connectivity index (χ0) is 13.0. The summed E-state index contributed by atoms with van der Waals surface area (Å²) in [6, 6.07) is 0.0703. The molecule has 2 saturated heterocycles. The van der Waals surface area contributed by atoms with E-state index in [1.807, 2.05) is 4.90 Å². The Hall–Kier alpha value is -0.610. The summed E-state index contributed by atoms with van der Waals surface area (Å²) in [5.74, 6) is 1.20. The van der Waals surface area contributed by atoms with Gasteiger partial charge in [-0.25, -0.2) is 0 Å². The van der Waals surface area contributed by atoms with Gasteiger partial charge in [-0.2, -0.15) is 0 Å². The van der Waals surface area contributed by atoms with Crippen molar-refractivity contribution in [1.29, 1.82) is 0 Å². The number of nitrogens with zero attached hydrogens (tertiary/aromatic N) is 2. The summed E-state index contributed by atoms with van der Waals surface area (Å²) in [5, 5.41) is 3.29. The van der Waals surface area contributed by atoms with Crippen LogP contribution in [0, 0.1) is 5.92 Å². The number of hydrogen-bond donors (Lipinski definition) is 1. The van der Waals surface area contributed by atoms with E-state index < -0.39 is 0 Å². The minimum atomic E-state index is 0.0703. The van der Waals surface area contributed by atoms with E-state index in [9.17, 15) is 4.79 Å². The van der Waals surface area contributed by atoms with Crippen LogP contribution in [0.25, 0.3) is 0 Å². The Kier molecular flexibility index (Phi) is 5.01. The smallest absolute Gasteiger partial charge is 0.239 e. The van der Waals surface area contributed by atoms with Crippen molar-refractivity contribution >= 4 is 5.91 Å². The highest BCUT2D eigenvalue weighted by atomic mass is 16.2. The van der Waals surface area contributed by atoms with Crippen molar-refractivity contribution in [2.75, 3.05) is 39.3 Å². The van der Waals surface area contributed by atoms with Crippen molar-refractivity contribution in [1.82, 2.24) is 15.1 Å². The average Bonchev–Trinajstić information content (AvgIpc) is 2.47. The van der Waals surface area contributed by atoms with Gasteiger partial charge in [0.2, 0.25) is 5.91 Å². The molecule has 0 aliphatic carbocycles. The fraction of sp³-hybridized carbons (Fsp3) is 0.929. The van der Waals surface area contributed by atoms with Gasteiger partial charge in [-0.15, -0.1) is 0 Å². The van der Waals surface area contributed by atoms with Gasteiger partial charge >= 0.3 is 0 Å². The number of amides is 1. The third kappa shape index (κ3) is 3.23. The summed E-state index contributed by atoms with van der Waals surface area (Å²) in [6.45, 7) is 10.2. The van der Waals surface area contributed by atoms with Gasteiger partial charge < -0.3 is 10.2 Å². The van der Waals surface area contributed by atoms with Crippen LogP contribution in [0.3, 0.4) is 0 Å². The summed E-state index contributed by atoms with van der Waals surface area (Å²) >= 11 is 0. The van der Waals surface area contributed by atoms with Gasteiger partial charge in [0.05, 0.1) is 6.04 Å². The van der Waals surface area contributed by atoms with Gasteiger partial charge in [-0.3, -0.25) is 9.69 Å². The zero-order valence-corrected chi connectivity index (χ0v) is 11.8. The molecule has 4 nitrogen and oxygen atoms in total. The summed E-state index contributed by atoms with van der Waals surface area (Å²) in [5.41, 5.74) is 0. The fourth-order valence-electron chi connectivity index (χ4n) is 3.05. The number of nitrogens with one attached hydrogen (secondary N) is 1. The largest absolute Gasteiger partial charge is 0.339 e. The molecule has 104 valence electrons. The number of carbonyl (C=O) groups is 1. The molecule has 1 atom stereocenters. The molecule has 1 unspecified atom stereocenters. The molecular formula is C14H27N3O. The second kappa shape index (κ2) is 6.53. The van der Waals surface area contributed by atoms with Gasteiger partial charge in [-0.05, 0) is 38.8 Å². The summed E-state index contributed by atoms with van der Waals surface area (Å²) in [4.78, 5) is 16.8. The molecule has 0 bridgehead atoms. The monoisotopic (exact) mass is 253 g/mol. The highest BCUT2D eigenvalue weighted by molar-refractivity contribution is 5.81. The molecule has 2 rings (SSSR count). The first kappa shape index (κ1) is 13.8. The van der Waals surface area contributed by atoms with E-state index in [4.69, 9.17) is 0 Å². The van der Waals surface area contributed by atoms with Crippen LogP contribution in [0.4, 0.5) is 0 Å². The van der Waals surface area contributed by atoms with Gasteiger partial charge in [0.15, 0.2) is 0 Å². The maximum Gasteiger partial charge on any atom is 0.239 e. The molecule has 0 saturated carbocycles. The predicted octanol–water partition coefficient (Wildman–Crippen LogP) is 0.929. The van der Waals surface area contributed by atoms with E-state index in [0.717, 1.165) is 45.2 Å². The lowest BCUT2D eigenvalue weighted by Gasteiger charge is -2.38. The Morgan fingerprint density at radius 2 is 1.83 bits per heavy atom. The third-order valence-corrected chi connectivity index (χ3v) is 4.56. The van der Waals surface area contributed by atoms with Gasteiger partial charge in [-0.1, -0.05) is 13.3 Å². The van der Waals surface area contributed by atoms with E-state index in [1.54, 1.807) is 0 Å². The Balaban J connectivity index is 1.83. The molecule has 0 aromatic rings. The van der Waals surface area contributed by atoms with E-state index in [2.05, 4.69) is 24.1 Å². The van der Waals surface area contributed by atoms with E-state index in [-0.39, 0.29) is 6.04 Å². The molecule has 2 aliphatic heterocycles. The third-order valence-electron chi connectivity index (χ3n) is 4.56. The van der Waals surface area contributed by atoms with Gasteiger partial charge in [0.25, 0.3) is 0 Å². The SMILES string of the molecule is CCC1CCN(C(C)C(=O)N2CCNCC2)CC1. The standard InChI is InChI=1S/C14H27N3O/c1-3-13-4-8-16(9-5-13)12(2)14(18)17-10-6-15-7-11-17/h12-13,15H,3-11H2,1-2H3. The van der Waals surface area contributed by atoms with Crippen LogP contribution in [-0.4, -0.2) is 61.0 Å². The molecular weight excluding hydrogens is 226 g/mol. The number of piperidine rings is 1. The average molecular weight is 253 g/mol. The number of rotatable bonds is 3. The van der Waals surface area contributed by atoms with Crippen LogP contribution < -0.4 is 5.32 Å². The lowest BCUT2D eigenvalue weighted by molar-refractivity contribution is -0.137. The first-order chi connectivity index (χ1) is 8.72. The lowest BCUT2D eigenvalue weighted by Crippen LogP contribution is -2.54. The molecule has 2 aliphatic rings. The number of piperazine rings is 1. The minimum Gasteiger partial charge on any atom is -0.339 e. The van der Waals surface area contributed by atoms with Crippen LogP contribution in [0.1, 0.15) is 33.1 Å². The van der Waals surface area contributed by atoms with Crippen LogP contribution in [0.2, 0.25) is 0 Å². The Morgan fingerprint density at radius 1 is 1.22 bits per heavy atom. The molecule has 4 heteroatoms. The predicted molar refractivity (Wildman–Crippen MR) is 73.5 cm³/mol. The zero-order valence-electron chi connectivity index (χ0n) is 11.8. The Bertz CT molecular complexity index is 268. The topological polar surface area (TPSA) is 35.6 Å². The van der Waals surface area contributed by atoms with Crippen LogP contribution >= 0.6 is 0 Å². The number of hydrogen-bond acceptors (Lipinski definition) is 3.